The molecule has 1 aliphatic heterocycles. The normalized spacial score (nSPS) is 27.1. The Morgan fingerprint density at radius 2 is 1.78 bits per heavy atom. The highest BCUT2D eigenvalue weighted by atomic mass is 19.3. The van der Waals surface area contributed by atoms with E-state index in [1.807, 2.05) is 0 Å². The number of alkyl halides is 2. The number of ether oxygens (including phenoxy) is 1. The smallest absolute Gasteiger partial charge is 0.343 e. The van der Waals surface area contributed by atoms with E-state index in [0.717, 1.165) is 29.7 Å². The van der Waals surface area contributed by atoms with Gasteiger partial charge >= 0.3 is 5.97 Å². The molecular formula is C20H27F3NO3+. The number of carbonyl (C=O) groups is 1. The summed E-state index contributed by atoms with van der Waals surface area (Å²) < 4.78 is 47.3. The Morgan fingerprint density at radius 3 is 2.30 bits per heavy atom. The summed E-state index contributed by atoms with van der Waals surface area (Å²) >= 11 is 0. The van der Waals surface area contributed by atoms with Gasteiger partial charge in [0.2, 0.25) is 5.92 Å². The van der Waals surface area contributed by atoms with Crippen molar-refractivity contribution in [1.82, 2.24) is 0 Å². The number of hydrogen-bond donors (Lipinski definition) is 1. The summed E-state index contributed by atoms with van der Waals surface area (Å²) in [5, 5.41) is 11.3. The van der Waals surface area contributed by atoms with E-state index in [1.165, 1.54) is 12.1 Å². The van der Waals surface area contributed by atoms with Gasteiger partial charge < -0.3 is 14.3 Å². The SMILES string of the molecule is C[N+]1(C)CCC(OC(=O)[C@](O)(c2ccc(F)cc2)[C@@H]2CCC(F)(F)C2)CC1. The van der Waals surface area contributed by atoms with Crippen molar-refractivity contribution in [3.05, 3.63) is 35.6 Å². The number of carbonyl (C=O) groups excluding carboxylic acids is 1. The summed E-state index contributed by atoms with van der Waals surface area (Å²) in [7, 11) is 4.18. The lowest BCUT2D eigenvalue weighted by Crippen LogP contribution is -2.50. The van der Waals surface area contributed by atoms with Crippen LogP contribution >= 0.6 is 0 Å². The van der Waals surface area contributed by atoms with Crippen LogP contribution in [0.3, 0.4) is 0 Å². The summed E-state index contributed by atoms with van der Waals surface area (Å²) in [6.45, 7) is 1.66. The standard InChI is InChI=1S/C20H27F3NO3/c1-24(2)11-8-17(9-12-24)27-18(25)20(26,14-3-5-16(21)6-4-14)15-7-10-19(22,23)13-15/h3-6,15,17,26H,7-13H2,1-2H3/q+1/t15-,20+/m1/s1. The number of aliphatic hydroxyl groups is 1. The summed E-state index contributed by atoms with van der Waals surface area (Å²) in [6, 6.07) is 4.77. The third-order valence-corrected chi connectivity index (χ3v) is 5.98. The molecule has 0 amide bonds. The summed E-state index contributed by atoms with van der Waals surface area (Å²) in [6.07, 6.45) is -0.0193. The molecule has 7 heteroatoms. The van der Waals surface area contributed by atoms with Crippen molar-refractivity contribution < 1.29 is 32.3 Å². The monoisotopic (exact) mass is 386 g/mol. The molecule has 2 aliphatic rings. The molecule has 0 spiro atoms. The Morgan fingerprint density at radius 1 is 1.19 bits per heavy atom. The molecule has 1 aromatic carbocycles. The van der Waals surface area contributed by atoms with Crippen molar-refractivity contribution in [3.8, 4) is 0 Å². The number of nitrogens with zero attached hydrogens (tertiary/aromatic N) is 1. The van der Waals surface area contributed by atoms with Gasteiger partial charge in [-0.1, -0.05) is 12.1 Å². The van der Waals surface area contributed by atoms with Crippen LogP contribution in [-0.4, -0.2) is 54.8 Å². The van der Waals surface area contributed by atoms with E-state index >= 15 is 0 Å². The molecule has 27 heavy (non-hydrogen) atoms. The van der Waals surface area contributed by atoms with Crippen molar-refractivity contribution in [3.63, 3.8) is 0 Å². The number of benzene rings is 1. The molecule has 0 aromatic heterocycles. The maximum absolute atomic E-state index is 13.8. The van der Waals surface area contributed by atoms with Gasteiger partial charge in [0.1, 0.15) is 11.9 Å². The first-order chi connectivity index (χ1) is 12.5. The molecule has 4 nitrogen and oxygen atoms in total. The number of hydrogen-bond acceptors (Lipinski definition) is 3. The fourth-order valence-electron chi connectivity index (χ4n) is 4.13. The second kappa shape index (κ2) is 7.09. The van der Waals surface area contributed by atoms with Crippen LogP contribution < -0.4 is 0 Å². The van der Waals surface area contributed by atoms with E-state index in [2.05, 4.69) is 14.1 Å². The average molecular weight is 386 g/mol. The molecule has 1 saturated carbocycles. The lowest BCUT2D eigenvalue weighted by Gasteiger charge is -2.38. The van der Waals surface area contributed by atoms with Gasteiger partial charge in [-0.3, -0.25) is 0 Å². The van der Waals surface area contributed by atoms with Crippen molar-refractivity contribution in [2.24, 2.45) is 5.92 Å². The topological polar surface area (TPSA) is 46.5 Å². The van der Waals surface area contributed by atoms with Crippen molar-refractivity contribution in [2.75, 3.05) is 27.2 Å². The molecule has 1 saturated heterocycles. The van der Waals surface area contributed by atoms with Gasteiger partial charge in [-0.15, -0.1) is 0 Å². The fraction of sp³-hybridized carbons (Fsp3) is 0.650. The van der Waals surface area contributed by atoms with E-state index in [-0.39, 0.29) is 24.5 Å². The van der Waals surface area contributed by atoms with Crippen LogP contribution in [0.1, 0.15) is 37.7 Å². The van der Waals surface area contributed by atoms with Gasteiger partial charge in [0.05, 0.1) is 27.2 Å². The number of halogens is 3. The number of quaternary nitrogens is 1. The molecule has 0 bridgehead atoms. The molecule has 150 valence electrons. The lowest BCUT2D eigenvalue weighted by molar-refractivity contribution is -0.896. The molecule has 3 rings (SSSR count). The van der Waals surface area contributed by atoms with Crippen LogP contribution in [0, 0.1) is 11.7 Å². The average Bonchev–Trinajstić information content (AvgIpc) is 2.97. The molecule has 2 atom stereocenters. The Hall–Kier alpha value is -1.60. The maximum Gasteiger partial charge on any atom is 0.343 e. The summed E-state index contributed by atoms with van der Waals surface area (Å²) in [4.78, 5) is 13.0. The van der Waals surface area contributed by atoms with Gasteiger partial charge in [0.25, 0.3) is 0 Å². The minimum atomic E-state index is -2.93. The van der Waals surface area contributed by atoms with Crippen LogP contribution in [0.15, 0.2) is 24.3 Å². The fourth-order valence-corrected chi connectivity index (χ4v) is 4.13. The van der Waals surface area contributed by atoms with E-state index in [9.17, 15) is 23.1 Å². The van der Waals surface area contributed by atoms with E-state index in [4.69, 9.17) is 4.74 Å². The van der Waals surface area contributed by atoms with E-state index < -0.39 is 35.6 Å². The summed E-state index contributed by atoms with van der Waals surface area (Å²) in [5.74, 6) is -5.33. The van der Waals surface area contributed by atoms with Gasteiger partial charge in [0.15, 0.2) is 5.60 Å². The predicted octanol–water partition coefficient (Wildman–Crippen LogP) is 3.23. The highest BCUT2D eigenvalue weighted by Crippen LogP contribution is 2.48. The zero-order valence-electron chi connectivity index (χ0n) is 15.8. The van der Waals surface area contributed by atoms with Crippen LogP contribution in [0.2, 0.25) is 0 Å². The molecular weight excluding hydrogens is 359 g/mol. The van der Waals surface area contributed by atoms with Crippen molar-refractivity contribution >= 4 is 5.97 Å². The van der Waals surface area contributed by atoms with Crippen molar-refractivity contribution in [1.29, 1.82) is 0 Å². The van der Waals surface area contributed by atoms with Crippen LogP contribution in [0.25, 0.3) is 0 Å². The molecule has 0 unspecified atom stereocenters. The first-order valence-electron chi connectivity index (χ1n) is 9.41. The third kappa shape index (κ3) is 4.29. The summed E-state index contributed by atoms with van der Waals surface area (Å²) in [5.41, 5.74) is -2.10. The molecule has 1 aromatic rings. The van der Waals surface area contributed by atoms with Gasteiger partial charge in [-0.2, -0.15) is 0 Å². The quantitative estimate of drug-likeness (QED) is 0.638. The molecule has 1 heterocycles. The molecule has 1 aliphatic carbocycles. The number of likely N-dealkylation sites (tertiary alicyclic amines) is 1. The highest BCUT2D eigenvalue weighted by Gasteiger charge is 2.55. The maximum atomic E-state index is 13.8. The Bertz CT molecular complexity index is 682. The van der Waals surface area contributed by atoms with E-state index in [1.54, 1.807) is 0 Å². The van der Waals surface area contributed by atoms with Crippen LogP contribution in [0.5, 0.6) is 0 Å². The van der Waals surface area contributed by atoms with Crippen LogP contribution in [0.4, 0.5) is 13.2 Å². The third-order valence-electron chi connectivity index (χ3n) is 5.98. The Balaban J connectivity index is 1.83. The largest absolute Gasteiger partial charge is 0.460 e. The Labute approximate surface area is 157 Å². The van der Waals surface area contributed by atoms with Gasteiger partial charge in [-0.25, -0.2) is 18.0 Å². The Kier molecular flexibility index (Phi) is 5.29. The van der Waals surface area contributed by atoms with Gasteiger partial charge in [0, 0.05) is 31.6 Å². The minimum absolute atomic E-state index is 0.00453. The molecule has 1 N–H and O–H groups in total. The first-order valence-corrected chi connectivity index (χ1v) is 9.41. The second-order valence-electron chi connectivity index (χ2n) is 8.56. The zero-order chi connectivity index (χ0) is 19.9. The number of rotatable bonds is 4. The minimum Gasteiger partial charge on any atom is -0.460 e. The number of esters is 1. The second-order valence-corrected chi connectivity index (χ2v) is 8.56. The van der Waals surface area contributed by atoms with E-state index in [0.29, 0.717) is 12.8 Å². The molecule has 0 radical (unpaired) electrons. The van der Waals surface area contributed by atoms with Gasteiger partial charge in [-0.05, 0) is 24.1 Å². The lowest BCUT2D eigenvalue weighted by atomic mass is 9.80. The zero-order valence-corrected chi connectivity index (χ0v) is 15.8. The molecule has 2 fully saturated rings. The van der Waals surface area contributed by atoms with Crippen LogP contribution in [-0.2, 0) is 15.1 Å². The number of piperidine rings is 1. The highest BCUT2D eigenvalue weighted by molar-refractivity contribution is 5.81. The van der Waals surface area contributed by atoms with Crippen molar-refractivity contribution in [2.45, 2.75) is 49.7 Å². The predicted molar refractivity (Wildman–Crippen MR) is 93.5 cm³/mol. The first kappa shape index (κ1) is 20.1.